The maximum atomic E-state index is 12.0. The first-order chi connectivity index (χ1) is 9.00. The number of amides is 1. The number of aromatic hydroxyl groups is 1. The third-order valence-electron chi connectivity index (χ3n) is 3.18. The van der Waals surface area contributed by atoms with Crippen LogP contribution in [0, 0.1) is 5.92 Å². The van der Waals surface area contributed by atoms with Crippen molar-refractivity contribution in [2.45, 2.75) is 19.9 Å². The van der Waals surface area contributed by atoms with Gasteiger partial charge in [0.05, 0.1) is 6.04 Å². The first-order valence-electron chi connectivity index (χ1n) is 6.28. The quantitative estimate of drug-likeness (QED) is 0.791. The van der Waals surface area contributed by atoms with Crippen molar-refractivity contribution in [3.8, 4) is 5.75 Å². The maximum absolute atomic E-state index is 12.0. The molecule has 1 amide bonds. The van der Waals surface area contributed by atoms with E-state index < -0.39 is 6.04 Å². The van der Waals surface area contributed by atoms with Crippen LogP contribution in [-0.2, 0) is 4.79 Å². The molecule has 0 saturated carbocycles. The fraction of sp³-hybridized carbons (Fsp3) is 0.267. The predicted octanol–water partition coefficient (Wildman–Crippen LogP) is 2.47. The zero-order valence-electron chi connectivity index (χ0n) is 11.1. The van der Waals surface area contributed by atoms with Gasteiger partial charge in [-0.3, -0.25) is 4.79 Å². The van der Waals surface area contributed by atoms with Crippen LogP contribution in [0.1, 0.15) is 13.8 Å². The average Bonchev–Trinajstić information content (AvgIpc) is 2.39. The molecule has 0 heterocycles. The van der Waals surface area contributed by atoms with Gasteiger partial charge in [0.25, 0.3) is 0 Å². The molecule has 0 aliphatic heterocycles. The minimum atomic E-state index is -0.549. The van der Waals surface area contributed by atoms with Crippen LogP contribution in [0.3, 0.4) is 0 Å². The standard InChI is InChI=1S/C15H18N2O2/c1-9(2)14(16)15(19)17-12-7-3-6-11-10(12)5-4-8-13(11)18/h3-9,14,18H,16H2,1-2H3,(H,17,19)/t14-/m0/s1. The highest BCUT2D eigenvalue weighted by molar-refractivity contribution is 6.05. The Morgan fingerprint density at radius 3 is 2.47 bits per heavy atom. The average molecular weight is 258 g/mol. The van der Waals surface area contributed by atoms with E-state index in [1.165, 1.54) is 0 Å². The van der Waals surface area contributed by atoms with E-state index in [1.54, 1.807) is 24.3 Å². The number of phenolic OH excluding ortho intramolecular Hbond substituents is 1. The van der Waals surface area contributed by atoms with Crippen LogP contribution in [0.15, 0.2) is 36.4 Å². The van der Waals surface area contributed by atoms with Gasteiger partial charge in [0, 0.05) is 16.5 Å². The molecule has 4 N–H and O–H groups in total. The van der Waals surface area contributed by atoms with Gasteiger partial charge >= 0.3 is 0 Å². The lowest BCUT2D eigenvalue weighted by molar-refractivity contribution is -0.118. The molecule has 2 aromatic carbocycles. The summed E-state index contributed by atoms with van der Waals surface area (Å²) in [5, 5.41) is 14.1. The fourth-order valence-corrected chi connectivity index (χ4v) is 1.92. The van der Waals surface area contributed by atoms with Crippen LogP contribution in [-0.4, -0.2) is 17.1 Å². The lowest BCUT2D eigenvalue weighted by Gasteiger charge is -2.16. The van der Waals surface area contributed by atoms with Crippen molar-refractivity contribution in [2.24, 2.45) is 11.7 Å². The Bertz CT molecular complexity index is 608. The van der Waals surface area contributed by atoms with Crippen molar-refractivity contribution in [2.75, 3.05) is 5.32 Å². The lowest BCUT2D eigenvalue weighted by atomic mass is 10.0. The van der Waals surface area contributed by atoms with Crippen LogP contribution in [0.25, 0.3) is 10.8 Å². The van der Waals surface area contributed by atoms with E-state index >= 15 is 0 Å². The van der Waals surface area contributed by atoms with Gasteiger partial charge in [-0.15, -0.1) is 0 Å². The molecule has 0 spiro atoms. The second kappa shape index (κ2) is 5.28. The first-order valence-corrected chi connectivity index (χ1v) is 6.28. The van der Waals surface area contributed by atoms with Gasteiger partial charge in [0.1, 0.15) is 5.75 Å². The van der Waals surface area contributed by atoms with Crippen LogP contribution < -0.4 is 11.1 Å². The molecular formula is C15H18N2O2. The van der Waals surface area contributed by atoms with E-state index in [0.717, 1.165) is 5.39 Å². The van der Waals surface area contributed by atoms with Gasteiger partial charge in [-0.2, -0.15) is 0 Å². The lowest BCUT2D eigenvalue weighted by Crippen LogP contribution is -2.39. The van der Waals surface area contributed by atoms with Gasteiger partial charge in [0.15, 0.2) is 0 Å². The molecule has 0 radical (unpaired) electrons. The summed E-state index contributed by atoms with van der Waals surface area (Å²) in [6, 6.07) is 10.1. The number of nitrogens with two attached hydrogens (primary N) is 1. The number of anilines is 1. The molecule has 4 nitrogen and oxygen atoms in total. The van der Waals surface area contributed by atoms with Crippen molar-refractivity contribution < 1.29 is 9.90 Å². The van der Waals surface area contributed by atoms with Crippen molar-refractivity contribution in [3.63, 3.8) is 0 Å². The molecule has 0 aliphatic carbocycles. The van der Waals surface area contributed by atoms with Crippen LogP contribution in [0.5, 0.6) is 5.75 Å². The first kappa shape index (κ1) is 13.4. The Kier molecular flexibility index (Phi) is 3.71. The van der Waals surface area contributed by atoms with Crippen molar-refractivity contribution >= 4 is 22.4 Å². The molecule has 2 rings (SSSR count). The zero-order chi connectivity index (χ0) is 14.0. The van der Waals surface area contributed by atoms with Crippen LogP contribution in [0.4, 0.5) is 5.69 Å². The number of nitrogens with one attached hydrogen (secondary N) is 1. The number of hydrogen-bond donors (Lipinski definition) is 3. The summed E-state index contributed by atoms with van der Waals surface area (Å²) in [4.78, 5) is 12.0. The van der Waals surface area contributed by atoms with E-state index in [9.17, 15) is 9.90 Å². The van der Waals surface area contributed by atoms with Crippen molar-refractivity contribution in [1.82, 2.24) is 0 Å². The third kappa shape index (κ3) is 2.69. The second-order valence-electron chi connectivity index (χ2n) is 4.94. The largest absolute Gasteiger partial charge is 0.507 e. The summed E-state index contributed by atoms with van der Waals surface area (Å²) in [6.45, 7) is 3.80. The van der Waals surface area contributed by atoms with Gasteiger partial charge in [-0.25, -0.2) is 0 Å². The molecule has 1 atom stereocenters. The Hall–Kier alpha value is -2.07. The number of benzene rings is 2. The van der Waals surface area contributed by atoms with Crippen LogP contribution in [0.2, 0.25) is 0 Å². The van der Waals surface area contributed by atoms with E-state index in [2.05, 4.69) is 5.32 Å². The summed E-state index contributed by atoms with van der Waals surface area (Å²) < 4.78 is 0. The normalized spacial score (nSPS) is 12.6. The van der Waals surface area contributed by atoms with E-state index in [1.807, 2.05) is 26.0 Å². The maximum Gasteiger partial charge on any atom is 0.241 e. The minimum absolute atomic E-state index is 0.0726. The summed E-state index contributed by atoms with van der Waals surface area (Å²) in [5.74, 6) is 0.0518. The monoisotopic (exact) mass is 258 g/mol. The zero-order valence-corrected chi connectivity index (χ0v) is 11.1. The van der Waals surface area contributed by atoms with E-state index in [-0.39, 0.29) is 17.6 Å². The molecule has 4 heteroatoms. The highest BCUT2D eigenvalue weighted by atomic mass is 16.3. The smallest absolute Gasteiger partial charge is 0.241 e. The minimum Gasteiger partial charge on any atom is -0.507 e. The summed E-state index contributed by atoms with van der Waals surface area (Å²) in [6.07, 6.45) is 0. The number of hydrogen-bond acceptors (Lipinski definition) is 3. The van der Waals surface area contributed by atoms with Crippen molar-refractivity contribution in [3.05, 3.63) is 36.4 Å². The molecule has 0 bridgehead atoms. The molecule has 0 saturated heterocycles. The third-order valence-corrected chi connectivity index (χ3v) is 3.18. The highest BCUT2D eigenvalue weighted by Crippen LogP contribution is 2.29. The number of rotatable bonds is 3. The SMILES string of the molecule is CC(C)[C@H](N)C(=O)Nc1cccc2c(O)cccc12. The Morgan fingerprint density at radius 1 is 1.16 bits per heavy atom. The topological polar surface area (TPSA) is 75.4 Å². The highest BCUT2D eigenvalue weighted by Gasteiger charge is 2.18. The molecule has 0 aliphatic rings. The molecule has 0 unspecified atom stereocenters. The molecule has 0 fully saturated rings. The molecular weight excluding hydrogens is 240 g/mol. The Labute approximate surface area is 112 Å². The van der Waals surface area contributed by atoms with Gasteiger partial charge in [-0.1, -0.05) is 38.1 Å². The van der Waals surface area contributed by atoms with Crippen LogP contribution >= 0.6 is 0 Å². The Balaban J connectivity index is 2.36. The van der Waals surface area contributed by atoms with Crippen molar-refractivity contribution in [1.29, 1.82) is 0 Å². The number of fused-ring (bicyclic) bond motifs is 1. The van der Waals surface area contributed by atoms with Gasteiger partial charge in [0.2, 0.25) is 5.91 Å². The van der Waals surface area contributed by atoms with Gasteiger partial charge < -0.3 is 16.2 Å². The summed E-state index contributed by atoms with van der Waals surface area (Å²) in [7, 11) is 0. The van der Waals surface area contributed by atoms with E-state index in [4.69, 9.17) is 5.73 Å². The number of carbonyl (C=O) groups excluding carboxylic acids is 1. The Morgan fingerprint density at radius 2 is 1.79 bits per heavy atom. The molecule has 0 aromatic heterocycles. The second-order valence-corrected chi connectivity index (χ2v) is 4.94. The molecule has 19 heavy (non-hydrogen) atoms. The molecule has 100 valence electrons. The fourth-order valence-electron chi connectivity index (χ4n) is 1.92. The van der Waals surface area contributed by atoms with E-state index in [0.29, 0.717) is 11.1 Å². The van der Waals surface area contributed by atoms with Gasteiger partial charge in [-0.05, 0) is 18.1 Å². The summed E-state index contributed by atoms with van der Waals surface area (Å²) in [5.41, 5.74) is 6.48. The predicted molar refractivity (Wildman–Crippen MR) is 77.1 cm³/mol. The molecule has 2 aromatic rings. The number of carbonyl (C=O) groups is 1. The summed E-state index contributed by atoms with van der Waals surface area (Å²) >= 11 is 0. The number of phenols is 1.